The van der Waals surface area contributed by atoms with Gasteiger partial charge in [-0.15, -0.1) is 0 Å². The maximum absolute atomic E-state index is 11.9. The van der Waals surface area contributed by atoms with Crippen molar-refractivity contribution in [2.75, 3.05) is 13.0 Å². The summed E-state index contributed by atoms with van der Waals surface area (Å²) in [6, 6.07) is 2.06. The van der Waals surface area contributed by atoms with Gasteiger partial charge in [0.1, 0.15) is 0 Å². The highest BCUT2D eigenvalue weighted by Gasteiger charge is 2.48. The Labute approximate surface area is 128 Å². The fraction of sp³-hybridized carbons (Fsp3) is 0.938. The SMILES string of the molecule is [B]CNC(=O)[C@@H]1CC2N[C@H]([C@@H]3CC4NCC[C@@H]4C3)C[C@@H]2C1. The van der Waals surface area contributed by atoms with E-state index in [0.717, 1.165) is 30.7 Å². The number of hydrogen-bond donors (Lipinski definition) is 3. The molecule has 4 aliphatic rings. The number of amides is 1. The molecule has 4 rings (SSSR count). The van der Waals surface area contributed by atoms with Crippen LogP contribution in [-0.4, -0.2) is 44.9 Å². The fourth-order valence-electron chi connectivity index (χ4n) is 5.57. The van der Waals surface area contributed by atoms with Gasteiger partial charge in [-0.1, -0.05) is 0 Å². The van der Waals surface area contributed by atoms with E-state index < -0.39 is 0 Å². The lowest BCUT2D eigenvalue weighted by Crippen LogP contribution is -2.37. The van der Waals surface area contributed by atoms with E-state index in [1.54, 1.807) is 0 Å². The summed E-state index contributed by atoms with van der Waals surface area (Å²) >= 11 is 0. The zero-order valence-corrected chi connectivity index (χ0v) is 12.7. The van der Waals surface area contributed by atoms with Gasteiger partial charge in [0.2, 0.25) is 5.91 Å². The lowest BCUT2D eigenvalue weighted by molar-refractivity contribution is -0.124. The predicted octanol–water partition coefficient (Wildman–Crippen LogP) is 0.373. The van der Waals surface area contributed by atoms with Crippen molar-refractivity contribution in [3.63, 3.8) is 0 Å². The highest BCUT2D eigenvalue weighted by Crippen LogP contribution is 2.45. The average Bonchev–Trinajstić information content (AvgIpc) is 3.16. The van der Waals surface area contributed by atoms with Crippen molar-refractivity contribution in [2.45, 2.75) is 56.7 Å². The Morgan fingerprint density at radius 3 is 2.52 bits per heavy atom. The van der Waals surface area contributed by atoms with Crippen LogP contribution in [0.4, 0.5) is 0 Å². The van der Waals surface area contributed by atoms with E-state index in [0.29, 0.717) is 18.0 Å². The zero-order chi connectivity index (χ0) is 14.4. The molecule has 1 amide bonds. The molecular weight excluding hydrogens is 261 g/mol. The van der Waals surface area contributed by atoms with Crippen LogP contribution in [0.5, 0.6) is 0 Å². The molecule has 0 bridgehead atoms. The molecule has 2 unspecified atom stereocenters. The average molecular weight is 287 g/mol. The van der Waals surface area contributed by atoms with E-state index in [9.17, 15) is 4.79 Å². The van der Waals surface area contributed by atoms with E-state index in [1.807, 2.05) is 0 Å². The standard InChI is InChI=1S/C16H26BN3O/c17-8-19-16(21)12-4-11-6-14(20-15(11)7-12)10-3-9-1-2-18-13(9)5-10/h9-15,18,20H,1-8H2,(H,19,21)/t9-,10+,11+,12+,13?,14+,15?/m1/s1. The Hall–Kier alpha value is -0.545. The minimum absolute atomic E-state index is 0.157. The third kappa shape index (κ3) is 2.52. The molecule has 2 aliphatic carbocycles. The van der Waals surface area contributed by atoms with Gasteiger partial charge in [0.05, 0.1) is 7.85 Å². The molecule has 3 N–H and O–H groups in total. The lowest BCUT2D eigenvalue weighted by atomic mass is 9.90. The Balaban J connectivity index is 1.31. The molecule has 5 heteroatoms. The molecule has 0 aromatic heterocycles. The summed E-state index contributed by atoms with van der Waals surface area (Å²) < 4.78 is 0. The number of rotatable bonds is 3. The molecule has 2 saturated carbocycles. The van der Waals surface area contributed by atoms with Crippen molar-refractivity contribution in [3.05, 3.63) is 0 Å². The number of fused-ring (bicyclic) bond motifs is 2. The van der Waals surface area contributed by atoms with Crippen molar-refractivity contribution in [3.8, 4) is 0 Å². The van der Waals surface area contributed by atoms with Gasteiger partial charge in [-0.05, 0) is 69.3 Å². The summed E-state index contributed by atoms with van der Waals surface area (Å²) in [6.45, 7) is 1.23. The largest absolute Gasteiger partial charge is 0.365 e. The number of carbonyl (C=O) groups is 1. The highest BCUT2D eigenvalue weighted by atomic mass is 16.1. The van der Waals surface area contributed by atoms with Crippen LogP contribution in [-0.2, 0) is 4.79 Å². The van der Waals surface area contributed by atoms with Gasteiger partial charge in [0.25, 0.3) is 0 Å². The molecule has 4 nitrogen and oxygen atoms in total. The summed E-state index contributed by atoms with van der Waals surface area (Å²) in [7, 11) is 5.41. The summed E-state index contributed by atoms with van der Waals surface area (Å²) in [5, 5.41) is 10.3. The molecule has 7 atom stereocenters. The molecule has 114 valence electrons. The second-order valence-corrected chi connectivity index (χ2v) is 7.63. The molecule has 0 spiro atoms. The summed E-state index contributed by atoms with van der Waals surface area (Å²) in [5.41, 5.74) is 0. The van der Waals surface area contributed by atoms with E-state index in [4.69, 9.17) is 7.85 Å². The highest BCUT2D eigenvalue weighted by molar-refractivity contribution is 6.10. The van der Waals surface area contributed by atoms with Crippen LogP contribution in [0.15, 0.2) is 0 Å². The van der Waals surface area contributed by atoms with Crippen molar-refractivity contribution < 1.29 is 4.79 Å². The van der Waals surface area contributed by atoms with Gasteiger partial charge < -0.3 is 16.0 Å². The first-order valence-electron chi connectivity index (χ1n) is 8.71. The third-order valence-electron chi connectivity index (χ3n) is 6.55. The van der Waals surface area contributed by atoms with E-state index in [1.165, 1.54) is 32.2 Å². The molecule has 0 aromatic carbocycles. The smallest absolute Gasteiger partial charge is 0.222 e. The Bertz CT molecular complexity index is 392. The Morgan fingerprint density at radius 1 is 1.00 bits per heavy atom. The van der Waals surface area contributed by atoms with Crippen molar-refractivity contribution in [2.24, 2.45) is 23.7 Å². The van der Waals surface area contributed by atoms with Gasteiger partial charge >= 0.3 is 0 Å². The predicted molar refractivity (Wildman–Crippen MR) is 82.9 cm³/mol. The topological polar surface area (TPSA) is 53.2 Å². The molecular formula is C16H26BN3O. The third-order valence-corrected chi connectivity index (χ3v) is 6.55. The van der Waals surface area contributed by atoms with Gasteiger partial charge in [-0.3, -0.25) is 4.79 Å². The van der Waals surface area contributed by atoms with Crippen LogP contribution in [0.2, 0.25) is 0 Å². The Kier molecular flexibility index (Phi) is 3.74. The van der Waals surface area contributed by atoms with E-state index in [2.05, 4.69) is 16.0 Å². The lowest BCUT2D eigenvalue weighted by Gasteiger charge is -2.22. The second kappa shape index (κ2) is 5.58. The molecule has 2 aliphatic heterocycles. The van der Waals surface area contributed by atoms with Gasteiger partial charge in [0.15, 0.2) is 0 Å². The quantitative estimate of drug-likeness (QED) is 0.658. The molecule has 0 aromatic rings. The van der Waals surface area contributed by atoms with Crippen molar-refractivity contribution in [1.29, 1.82) is 0 Å². The monoisotopic (exact) mass is 287 g/mol. The molecule has 21 heavy (non-hydrogen) atoms. The van der Waals surface area contributed by atoms with Crippen LogP contribution in [0.25, 0.3) is 0 Å². The summed E-state index contributed by atoms with van der Waals surface area (Å²) in [4.78, 5) is 11.9. The molecule has 2 heterocycles. The van der Waals surface area contributed by atoms with E-state index >= 15 is 0 Å². The van der Waals surface area contributed by atoms with Crippen LogP contribution < -0.4 is 16.0 Å². The number of carbonyl (C=O) groups excluding carboxylic acids is 1. The maximum Gasteiger partial charge on any atom is 0.222 e. The van der Waals surface area contributed by atoms with Gasteiger partial charge in [-0.25, -0.2) is 0 Å². The first-order chi connectivity index (χ1) is 10.2. The number of hydrogen-bond acceptors (Lipinski definition) is 3. The second-order valence-electron chi connectivity index (χ2n) is 7.63. The normalized spacial score (nSPS) is 48.3. The van der Waals surface area contributed by atoms with Gasteiger partial charge in [-0.2, -0.15) is 0 Å². The van der Waals surface area contributed by atoms with Crippen LogP contribution in [0.1, 0.15) is 38.5 Å². The summed E-state index contributed by atoms with van der Waals surface area (Å²) in [5.74, 6) is 2.83. The molecule has 4 fully saturated rings. The minimum atomic E-state index is 0.157. The molecule has 2 saturated heterocycles. The minimum Gasteiger partial charge on any atom is -0.365 e. The van der Waals surface area contributed by atoms with Crippen LogP contribution in [0.3, 0.4) is 0 Å². The van der Waals surface area contributed by atoms with Gasteiger partial charge in [0, 0.05) is 24.0 Å². The summed E-state index contributed by atoms with van der Waals surface area (Å²) in [6.07, 6.45) is 7.75. The molecule has 2 radical (unpaired) electrons. The first-order valence-corrected chi connectivity index (χ1v) is 8.71. The maximum atomic E-state index is 11.9. The fourth-order valence-corrected chi connectivity index (χ4v) is 5.57. The Morgan fingerprint density at radius 2 is 1.76 bits per heavy atom. The first kappa shape index (κ1) is 14.1. The van der Waals surface area contributed by atoms with Crippen LogP contribution in [0, 0.1) is 23.7 Å². The number of nitrogens with one attached hydrogen (secondary N) is 3. The van der Waals surface area contributed by atoms with Crippen molar-refractivity contribution >= 4 is 13.8 Å². The van der Waals surface area contributed by atoms with E-state index in [-0.39, 0.29) is 18.3 Å². The van der Waals surface area contributed by atoms with Crippen molar-refractivity contribution in [1.82, 2.24) is 16.0 Å². The van der Waals surface area contributed by atoms with Crippen LogP contribution >= 0.6 is 0 Å². The zero-order valence-electron chi connectivity index (χ0n) is 12.7.